The SMILES string of the molecule is Cc1c(NC(=O)c2ccc(C(=O)O)nc2)cccc1C(=O)N1CCCC1. The summed E-state index contributed by atoms with van der Waals surface area (Å²) >= 11 is 0. The first-order chi connectivity index (χ1) is 12.5. The Labute approximate surface area is 150 Å². The molecule has 7 heteroatoms. The Morgan fingerprint density at radius 3 is 2.46 bits per heavy atom. The van der Waals surface area contributed by atoms with E-state index in [4.69, 9.17) is 5.11 Å². The van der Waals surface area contributed by atoms with Crippen molar-refractivity contribution in [3.05, 3.63) is 58.9 Å². The van der Waals surface area contributed by atoms with Crippen LogP contribution in [0, 0.1) is 6.92 Å². The highest BCUT2D eigenvalue weighted by Crippen LogP contribution is 2.22. The maximum atomic E-state index is 12.6. The van der Waals surface area contributed by atoms with E-state index in [2.05, 4.69) is 10.3 Å². The number of aromatic nitrogens is 1. The number of nitrogens with zero attached hydrogens (tertiary/aromatic N) is 2. The first kappa shape index (κ1) is 17.6. The average molecular weight is 353 g/mol. The van der Waals surface area contributed by atoms with E-state index in [1.165, 1.54) is 18.3 Å². The van der Waals surface area contributed by atoms with Gasteiger partial charge >= 0.3 is 5.97 Å². The minimum atomic E-state index is -1.15. The molecule has 0 atom stereocenters. The van der Waals surface area contributed by atoms with E-state index in [9.17, 15) is 14.4 Å². The van der Waals surface area contributed by atoms with Gasteiger partial charge in [-0.05, 0) is 49.6 Å². The van der Waals surface area contributed by atoms with E-state index in [0.717, 1.165) is 25.9 Å². The van der Waals surface area contributed by atoms with Gasteiger partial charge in [0.1, 0.15) is 5.69 Å². The van der Waals surface area contributed by atoms with Gasteiger partial charge in [0.25, 0.3) is 11.8 Å². The normalized spacial score (nSPS) is 13.5. The quantitative estimate of drug-likeness (QED) is 0.880. The molecule has 7 nitrogen and oxygen atoms in total. The molecule has 26 heavy (non-hydrogen) atoms. The molecule has 1 saturated heterocycles. The standard InChI is InChI=1S/C19H19N3O4/c1-12-14(18(24)22-9-2-3-10-22)5-4-6-15(12)21-17(23)13-7-8-16(19(25)26)20-11-13/h4-8,11H,2-3,9-10H2,1H3,(H,21,23)(H,25,26). The Kier molecular flexibility index (Phi) is 4.97. The molecule has 134 valence electrons. The van der Waals surface area contributed by atoms with Crippen LogP contribution in [0.4, 0.5) is 5.69 Å². The van der Waals surface area contributed by atoms with E-state index in [1.54, 1.807) is 25.1 Å². The van der Waals surface area contributed by atoms with Gasteiger partial charge in [0.05, 0.1) is 5.56 Å². The van der Waals surface area contributed by atoms with Gasteiger partial charge in [-0.3, -0.25) is 9.59 Å². The van der Waals surface area contributed by atoms with Gasteiger partial charge in [-0.1, -0.05) is 6.07 Å². The molecule has 1 aromatic carbocycles. The van der Waals surface area contributed by atoms with Crippen LogP contribution in [0.15, 0.2) is 36.5 Å². The number of pyridine rings is 1. The number of carbonyl (C=O) groups is 3. The predicted molar refractivity (Wildman–Crippen MR) is 95.5 cm³/mol. The fourth-order valence-electron chi connectivity index (χ4n) is 2.94. The second-order valence-electron chi connectivity index (χ2n) is 6.17. The van der Waals surface area contributed by atoms with Crippen LogP contribution >= 0.6 is 0 Å². The summed E-state index contributed by atoms with van der Waals surface area (Å²) in [6.45, 7) is 3.32. The van der Waals surface area contributed by atoms with Gasteiger partial charge in [0, 0.05) is 30.5 Å². The maximum Gasteiger partial charge on any atom is 0.354 e. The average Bonchev–Trinajstić information content (AvgIpc) is 3.17. The number of anilines is 1. The molecule has 2 heterocycles. The van der Waals surface area contributed by atoms with E-state index in [1.807, 2.05) is 4.90 Å². The summed E-state index contributed by atoms with van der Waals surface area (Å²) in [5.41, 5.74) is 1.93. The lowest BCUT2D eigenvalue weighted by molar-refractivity contribution is 0.0689. The molecular weight excluding hydrogens is 334 g/mol. The maximum absolute atomic E-state index is 12.6. The topological polar surface area (TPSA) is 99.6 Å². The highest BCUT2D eigenvalue weighted by Gasteiger charge is 2.22. The lowest BCUT2D eigenvalue weighted by Crippen LogP contribution is -2.28. The molecule has 0 unspecified atom stereocenters. The van der Waals surface area contributed by atoms with Gasteiger partial charge in [-0.15, -0.1) is 0 Å². The van der Waals surface area contributed by atoms with Crippen molar-refractivity contribution in [1.29, 1.82) is 0 Å². The summed E-state index contributed by atoms with van der Waals surface area (Å²) in [6.07, 6.45) is 3.24. The molecular formula is C19H19N3O4. The Hall–Kier alpha value is -3.22. The van der Waals surface area contributed by atoms with Crippen LogP contribution in [0.3, 0.4) is 0 Å². The van der Waals surface area contributed by atoms with Gasteiger partial charge in [0.15, 0.2) is 0 Å². The molecule has 3 rings (SSSR count). The number of hydrogen-bond acceptors (Lipinski definition) is 4. The highest BCUT2D eigenvalue weighted by atomic mass is 16.4. The molecule has 0 saturated carbocycles. The van der Waals surface area contributed by atoms with E-state index in [-0.39, 0.29) is 17.2 Å². The largest absolute Gasteiger partial charge is 0.477 e. The zero-order valence-corrected chi connectivity index (χ0v) is 14.4. The molecule has 0 radical (unpaired) electrons. The number of aromatic carboxylic acids is 1. The van der Waals surface area contributed by atoms with Crippen LogP contribution in [-0.2, 0) is 0 Å². The van der Waals surface area contributed by atoms with Crippen LogP contribution in [0.2, 0.25) is 0 Å². The van der Waals surface area contributed by atoms with Crippen LogP contribution in [0.1, 0.15) is 49.6 Å². The van der Waals surface area contributed by atoms with Crippen LogP contribution in [-0.4, -0.2) is 45.9 Å². The third-order valence-electron chi connectivity index (χ3n) is 4.45. The number of benzene rings is 1. The number of nitrogens with one attached hydrogen (secondary N) is 1. The molecule has 0 bridgehead atoms. The third-order valence-corrected chi connectivity index (χ3v) is 4.45. The summed E-state index contributed by atoms with van der Waals surface area (Å²) < 4.78 is 0. The first-order valence-corrected chi connectivity index (χ1v) is 8.37. The Morgan fingerprint density at radius 1 is 1.12 bits per heavy atom. The first-order valence-electron chi connectivity index (χ1n) is 8.37. The number of rotatable bonds is 4. The van der Waals surface area contributed by atoms with Crippen molar-refractivity contribution in [3.63, 3.8) is 0 Å². The summed E-state index contributed by atoms with van der Waals surface area (Å²) in [4.78, 5) is 41.4. The summed E-state index contributed by atoms with van der Waals surface area (Å²) in [6, 6.07) is 7.90. The fourth-order valence-corrected chi connectivity index (χ4v) is 2.94. The third kappa shape index (κ3) is 3.56. The van der Waals surface area contributed by atoms with Crippen LogP contribution in [0.5, 0.6) is 0 Å². The lowest BCUT2D eigenvalue weighted by atomic mass is 10.1. The number of carboxylic acids is 1. The minimum absolute atomic E-state index is 0.0245. The van der Waals surface area contributed by atoms with Gasteiger partial charge < -0.3 is 15.3 Å². The molecule has 2 amide bonds. The molecule has 0 aliphatic carbocycles. The van der Waals surface area contributed by atoms with Crippen LogP contribution < -0.4 is 5.32 Å². The smallest absolute Gasteiger partial charge is 0.354 e. The summed E-state index contributed by atoms with van der Waals surface area (Å²) in [5.74, 6) is -1.59. The Morgan fingerprint density at radius 2 is 1.85 bits per heavy atom. The second-order valence-corrected chi connectivity index (χ2v) is 6.17. The monoisotopic (exact) mass is 353 g/mol. The van der Waals surface area contributed by atoms with E-state index >= 15 is 0 Å². The molecule has 0 spiro atoms. The van der Waals surface area contributed by atoms with Crippen LogP contribution in [0.25, 0.3) is 0 Å². The number of carbonyl (C=O) groups excluding carboxylic acids is 2. The molecule has 1 aliphatic heterocycles. The highest BCUT2D eigenvalue weighted by molar-refractivity contribution is 6.06. The van der Waals surface area contributed by atoms with Gasteiger partial charge in [0.2, 0.25) is 0 Å². The molecule has 1 fully saturated rings. The predicted octanol–water partition coefficient (Wildman–Crippen LogP) is 2.58. The fraction of sp³-hybridized carbons (Fsp3) is 0.263. The van der Waals surface area contributed by atoms with Crippen molar-refractivity contribution in [2.45, 2.75) is 19.8 Å². The van der Waals surface area contributed by atoms with Crippen molar-refractivity contribution in [2.75, 3.05) is 18.4 Å². The molecule has 2 N–H and O–H groups in total. The minimum Gasteiger partial charge on any atom is -0.477 e. The van der Waals surface area contributed by atoms with Crippen molar-refractivity contribution in [3.8, 4) is 0 Å². The number of carboxylic acid groups (broad SMARTS) is 1. The van der Waals surface area contributed by atoms with E-state index < -0.39 is 11.9 Å². The Bertz CT molecular complexity index is 856. The van der Waals surface area contributed by atoms with Crippen molar-refractivity contribution < 1.29 is 19.5 Å². The summed E-state index contributed by atoms with van der Waals surface area (Å²) in [5, 5.41) is 11.6. The molecule has 1 aliphatic rings. The number of amides is 2. The van der Waals surface area contributed by atoms with Crippen molar-refractivity contribution in [2.24, 2.45) is 0 Å². The number of likely N-dealkylation sites (tertiary alicyclic amines) is 1. The van der Waals surface area contributed by atoms with E-state index in [0.29, 0.717) is 16.8 Å². The van der Waals surface area contributed by atoms with Gasteiger partial charge in [-0.25, -0.2) is 9.78 Å². The zero-order chi connectivity index (χ0) is 18.7. The second kappa shape index (κ2) is 7.35. The van der Waals surface area contributed by atoms with Crippen molar-refractivity contribution in [1.82, 2.24) is 9.88 Å². The lowest BCUT2D eigenvalue weighted by Gasteiger charge is -2.18. The van der Waals surface area contributed by atoms with Gasteiger partial charge in [-0.2, -0.15) is 0 Å². The Balaban J connectivity index is 1.79. The zero-order valence-electron chi connectivity index (χ0n) is 14.4. The van der Waals surface area contributed by atoms with Crippen molar-refractivity contribution >= 4 is 23.5 Å². The summed E-state index contributed by atoms with van der Waals surface area (Å²) in [7, 11) is 0. The number of hydrogen-bond donors (Lipinski definition) is 2. The molecule has 2 aromatic rings. The molecule has 1 aromatic heterocycles.